The Morgan fingerprint density at radius 1 is 1.19 bits per heavy atom. The van der Waals surface area contributed by atoms with E-state index in [1.165, 1.54) is 0 Å². The number of benzene rings is 1. The van der Waals surface area contributed by atoms with Gasteiger partial charge >= 0.3 is 0 Å². The van der Waals surface area contributed by atoms with Crippen LogP contribution in [0.1, 0.15) is 20.9 Å². The predicted octanol–water partition coefficient (Wildman–Crippen LogP) is 3.93. The van der Waals surface area contributed by atoms with Crippen molar-refractivity contribution >= 4 is 17.2 Å². The van der Waals surface area contributed by atoms with Crippen molar-refractivity contribution in [1.29, 1.82) is 0 Å². The van der Waals surface area contributed by atoms with Crippen molar-refractivity contribution in [3.05, 3.63) is 76.1 Å². The number of ether oxygens (including phenoxy) is 2. The van der Waals surface area contributed by atoms with Crippen LogP contribution in [0.3, 0.4) is 0 Å². The van der Waals surface area contributed by atoms with Crippen LogP contribution < -0.4 is 9.47 Å². The Balaban J connectivity index is 1.58. The SMILES string of the molecule is Cc1ccc2c(n1)OC(COc1ccccc1)CN(Cc1cccs1)C2=O. The highest BCUT2D eigenvalue weighted by atomic mass is 32.1. The van der Waals surface area contributed by atoms with Gasteiger partial charge < -0.3 is 14.4 Å². The molecule has 3 heterocycles. The highest BCUT2D eigenvalue weighted by Gasteiger charge is 2.30. The van der Waals surface area contributed by atoms with Crippen molar-refractivity contribution in [3.8, 4) is 11.6 Å². The predicted molar refractivity (Wildman–Crippen MR) is 104 cm³/mol. The van der Waals surface area contributed by atoms with Crippen LogP contribution in [0.2, 0.25) is 0 Å². The van der Waals surface area contributed by atoms with Gasteiger partial charge in [0.25, 0.3) is 5.91 Å². The molecule has 6 heteroatoms. The van der Waals surface area contributed by atoms with Gasteiger partial charge in [0.05, 0.1) is 13.1 Å². The Hall–Kier alpha value is -2.86. The quantitative estimate of drug-likeness (QED) is 0.673. The lowest BCUT2D eigenvalue weighted by atomic mass is 10.2. The fraction of sp³-hybridized carbons (Fsp3) is 0.238. The Kier molecular flexibility index (Phi) is 5.07. The molecule has 1 amide bonds. The molecule has 2 aromatic heterocycles. The number of aromatic nitrogens is 1. The van der Waals surface area contributed by atoms with E-state index in [2.05, 4.69) is 4.98 Å². The number of amides is 1. The van der Waals surface area contributed by atoms with E-state index in [4.69, 9.17) is 9.47 Å². The maximum Gasteiger partial charge on any atom is 0.259 e. The number of carbonyl (C=O) groups excluding carboxylic acids is 1. The second-order valence-electron chi connectivity index (χ2n) is 6.43. The molecule has 1 atom stereocenters. The molecule has 0 aliphatic carbocycles. The Bertz CT molecular complexity index is 912. The molecule has 0 bridgehead atoms. The summed E-state index contributed by atoms with van der Waals surface area (Å²) < 4.78 is 12.0. The van der Waals surface area contributed by atoms with E-state index >= 15 is 0 Å². The zero-order valence-electron chi connectivity index (χ0n) is 15.0. The van der Waals surface area contributed by atoms with E-state index in [1.54, 1.807) is 17.4 Å². The van der Waals surface area contributed by atoms with Gasteiger partial charge in [-0.15, -0.1) is 11.3 Å². The number of para-hydroxylation sites is 1. The van der Waals surface area contributed by atoms with Gasteiger partial charge in [-0.05, 0) is 42.6 Å². The Morgan fingerprint density at radius 3 is 2.81 bits per heavy atom. The molecule has 0 spiro atoms. The summed E-state index contributed by atoms with van der Waals surface area (Å²) in [7, 11) is 0. The van der Waals surface area contributed by atoms with Crippen LogP contribution in [0.25, 0.3) is 0 Å². The normalized spacial score (nSPS) is 16.4. The number of hydrogen-bond donors (Lipinski definition) is 0. The lowest BCUT2D eigenvalue weighted by molar-refractivity contribution is 0.0628. The van der Waals surface area contributed by atoms with Crippen LogP contribution >= 0.6 is 11.3 Å². The summed E-state index contributed by atoms with van der Waals surface area (Å²) in [4.78, 5) is 20.4. The molecule has 1 aliphatic rings. The number of thiophene rings is 1. The minimum atomic E-state index is -0.301. The monoisotopic (exact) mass is 380 g/mol. The van der Waals surface area contributed by atoms with Gasteiger partial charge in [0.15, 0.2) is 6.10 Å². The van der Waals surface area contributed by atoms with E-state index < -0.39 is 0 Å². The molecule has 1 aromatic carbocycles. The lowest BCUT2D eigenvalue weighted by Crippen LogP contribution is -2.39. The second kappa shape index (κ2) is 7.80. The molecule has 0 N–H and O–H groups in total. The Morgan fingerprint density at radius 2 is 2.04 bits per heavy atom. The molecule has 4 rings (SSSR count). The van der Waals surface area contributed by atoms with Crippen molar-refractivity contribution in [2.75, 3.05) is 13.2 Å². The van der Waals surface area contributed by atoms with Gasteiger partial charge in [-0.1, -0.05) is 24.3 Å². The summed E-state index contributed by atoms with van der Waals surface area (Å²) >= 11 is 1.64. The van der Waals surface area contributed by atoms with Crippen molar-refractivity contribution in [2.45, 2.75) is 19.6 Å². The molecule has 0 fully saturated rings. The summed E-state index contributed by atoms with van der Waals surface area (Å²) in [6.07, 6.45) is -0.301. The molecule has 138 valence electrons. The summed E-state index contributed by atoms with van der Waals surface area (Å²) in [5.74, 6) is 1.10. The number of carbonyl (C=O) groups is 1. The number of nitrogens with zero attached hydrogens (tertiary/aromatic N) is 2. The zero-order valence-corrected chi connectivity index (χ0v) is 15.8. The summed E-state index contributed by atoms with van der Waals surface area (Å²) in [5.41, 5.74) is 1.32. The number of pyridine rings is 1. The van der Waals surface area contributed by atoms with E-state index in [-0.39, 0.29) is 12.0 Å². The van der Waals surface area contributed by atoms with Crippen LogP contribution in [0.4, 0.5) is 0 Å². The van der Waals surface area contributed by atoms with Gasteiger partial charge in [-0.2, -0.15) is 0 Å². The molecular formula is C21H20N2O3S. The van der Waals surface area contributed by atoms with Gasteiger partial charge in [-0.3, -0.25) is 4.79 Å². The standard InChI is InChI=1S/C21H20N2O3S/c1-15-9-10-19-20(22-15)26-17(14-25-16-6-3-2-4-7-16)12-23(21(19)24)13-18-8-5-11-27-18/h2-11,17H,12-14H2,1H3. The minimum Gasteiger partial charge on any atom is -0.490 e. The van der Waals surface area contributed by atoms with E-state index in [0.717, 1.165) is 16.3 Å². The number of aryl methyl sites for hydroxylation is 1. The first-order valence-electron chi connectivity index (χ1n) is 8.83. The highest BCUT2D eigenvalue weighted by molar-refractivity contribution is 7.09. The van der Waals surface area contributed by atoms with Crippen molar-refractivity contribution < 1.29 is 14.3 Å². The third-order valence-corrected chi connectivity index (χ3v) is 5.19. The molecule has 5 nitrogen and oxygen atoms in total. The summed E-state index contributed by atoms with van der Waals surface area (Å²) in [6, 6.07) is 17.3. The molecule has 27 heavy (non-hydrogen) atoms. The van der Waals surface area contributed by atoms with Crippen molar-refractivity contribution in [3.63, 3.8) is 0 Å². The van der Waals surface area contributed by atoms with Crippen LogP contribution in [0, 0.1) is 6.92 Å². The van der Waals surface area contributed by atoms with Gasteiger partial charge in [0.1, 0.15) is 17.9 Å². The Labute approximate surface area is 162 Å². The van der Waals surface area contributed by atoms with Crippen LogP contribution in [-0.4, -0.2) is 35.0 Å². The summed E-state index contributed by atoms with van der Waals surface area (Å²) in [5, 5.41) is 2.02. The first kappa shape index (κ1) is 17.5. The first-order valence-corrected chi connectivity index (χ1v) is 9.71. The second-order valence-corrected chi connectivity index (χ2v) is 7.47. The number of hydrogen-bond acceptors (Lipinski definition) is 5. The third kappa shape index (κ3) is 4.11. The van der Waals surface area contributed by atoms with Gasteiger partial charge in [0, 0.05) is 10.6 Å². The lowest BCUT2D eigenvalue weighted by Gasteiger charge is -2.23. The van der Waals surface area contributed by atoms with Crippen LogP contribution in [0.15, 0.2) is 60.0 Å². The van der Waals surface area contributed by atoms with Gasteiger partial charge in [-0.25, -0.2) is 4.98 Å². The largest absolute Gasteiger partial charge is 0.490 e. The zero-order chi connectivity index (χ0) is 18.6. The molecule has 3 aromatic rings. The average molecular weight is 380 g/mol. The minimum absolute atomic E-state index is 0.0619. The highest BCUT2D eigenvalue weighted by Crippen LogP contribution is 2.26. The maximum atomic E-state index is 13.1. The fourth-order valence-electron chi connectivity index (χ4n) is 3.00. The first-order chi connectivity index (χ1) is 13.2. The number of rotatable bonds is 5. The van der Waals surface area contributed by atoms with Crippen LogP contribution in [0.5, 0.6) is 11.6 Å². The molecule has 0 saturated heterocycles. The maximum absolute atomic E-state index is 13.1. The van der Waals surface area contributed by atoms with Crippen molar-refractivity contribution in [1.82, 2.24) is 9.88 Å². The van der Waals surface area contributed by atoms with E-state index in [9.17, 15) is 4.79 Å². The summed E-state index contributed by atoms with van der Waals surface area (Å²) in [6.45, 7) is 3.22. The third-order valence-electron chi connectivity index (χ3n) is 4.33. The fourth-order valence-corrected chi connectivity index (χ4v) is 3.72. The van der Waals surface area contributed by atoms with E-state index in [1.807, 2.05) is 65.7 Å². The van der Waals surface area contributed by atoms with Gasteiger partial charge in [0.2, 0.25) is 5.88 Å². The molecule has 1 aliphatic heterocycles. The molecular weight excluding hydrogens is 360 g/mol. The molecule has 1 unspecified atom stereocenters. The van der Waals surface area contributed by atoms with Crippen LogP contribution in [-0.2, 0) is 6.54 Å². The smallest absolute Gasteiger partial charge is 0.259 e. The van der Waals surface area contributed by atoms with Crippen molar-refractivity contribution in [2.24, 2.45) is 0 Å². The molecule has 0 radical (unpaired) electrons. The topological polar surface area (TPSA) is 51.7 Å². The van der Waals surface area contributed by atoms with E-state index in [0.29, 0.717) is 31.1 Å². The molecule has 0 saturated carbocycles. The number of fused-ring (bicyclic) bond motifs is 1. The average Bonchev–Trinajstić information content (AvgIpc) is 3.15.